The average Bonchev–Trinajstić information content (AvgIpc) is 3.50. The fourth-order valence-electron chi connectivity index (χ4n) is 5.13. The van der Waals surface area contributed by atoms with E-state index >= 15 is 0 Å². The fraction of sp³-hybridized carbons (Fsp3) is 0.321. The lowest BCUT2D eigenvalue weighted by atomic mass is 9.95. The van der Waals surface area contributed by atoms with Crippen molar-refractivity contribution in [2.24, 2.45) is 0 Å². The maximum atomic E-state index is 13.4. The number of aliphatic carboxylic acids is 1. The summed E-state index contributed by atoms with van der Waals surface area (Å²) < 4.78 is 7.37. The molecule has 0 atom stereocenters. The van der Waals surface area contributed by atoms with E-state index in [0.29, 0.717) is 15.5 Å². The second-order valence-corrected chi connectivity index (χ2v) is 12.2. The van der Waals surface area contributed by atoms with Crippen molar-refractivity contribution in [1.82, 2.24) is 9.47 Å². The Bertz CT molecular complexity index is 1600. The smallest absolute Gasteiger partial charge is 0.341 e. The van der Waals surface area contributed by atoms with Gasteiger partial charge in [-0.2, -0.15) is 0 Å². The van der Waals surface area contributed by atoms with Gasteiger partial charge in [-0.3, -0.25) is 19.3 Å². The lowest BCUT2D eigenvalue weighted by molar-refractivity contribution is -0.140. The van der Waals surface area contributed by atoms with Crippen molar-refractivity contribution in [3.63, 3.8) is 0 Å². The van der Waals surface area contributed by atoms with Gasteiger partial charge in [0.1, 0.15) is 22.4 Å². The highest BCUT2D eigenvalue weighted by molar-refractivity contribution is 8.26. The highest BCUT2D eigenvalue weighted by Crippen LogP contribution is 2.39. The number of hydrogen-bond donors (Lipinski definition) is 2. The zero-order valence-electron chi connectivity index (χ0n) is 21.9. The Balaban J connectivity index is 1.46. The summed E-state index contributed by atoms with van der Waals surface area (Å²) in [4.78, 5) is 52.8. The normalized spacial score (nSPS) is 16.1. The summed E-state index contributed by atoms with van der Waals surface area (Å²) in [7, 11) is 0. The molecule has 12 heteroatoms. The molecule has 208 valence electrons. The maximum absolute atomic E-state index is 13.4. The van der Waals surface area contributed by atoms with Crippen LogP contribution < -0.4 is 5.32 Å². The van der Waals surface area contributed by atoms with Gasteiger partial charge in [0.25, 0.3) is 5.91 Å². The van der Waals surface area contributed by atoms with Gasteiger partial charge < -0.3 is 19.7 Å². The fourth-order valence-corrected chi connectivity index (χ4v) is 7.66. The molecule has 1 aromatic carbocycles. The number of thiophene rings is 1. The van der Waals surface area contributed by atoms with E-state index in [-0.39, 0.29) is 23.4 Å². The second-order valence-electron chi connectivity index (χ2n) is 9.45. The van der Waals surface area contributed by atoms with Crippen molar-refractivity contribution >= 4 is 85.4 Å². The minimum absolute atomic E-state index is 0.00894. The Hall–Kier alpha value is -3.48. The van der Waals surface area contributed by atoms with E-state index in [9.17, 15) is 19.2 Å². The molecule has 0 spiro atoms. The number of thiocarbonyl (C=S) groups is 1. The number of carbonyl (C=O) groups is 4. The number of ether oxygens (including phenoxy) is 1. The molecule has 2 amide bonds. The van der Waals surface area contributed by atoms with E-state index in [1.807, 2.05) is 35.8 Å². The van der Waals surface area contributed by atoms with Crippen molar-refractivity contribution < 1.29 is 29.0 Å². The molecule has 1 fully saturated rings. The molecule has 0 bridgehead atoms. The number of nitrogens with zero attached hydrogens (tertiary/aromatic N) is 2. The summed E-state index contributed by atoms with van der Waals surface area (Å²) in [5, 5.41) is 13.5. The predicted octanol–water partition coefficient (Wildman–Crippen LogP) is 4.99. The number of para-hydroxylation sites is 1. The van der Waals surface area contributed by atoms with Crippen LogP contribution >= 0.6 is 35.3 Å². The summed E-state index contributed by atoms with van der Waals surface area (Å²) in [5.74, 6) is -2.30. The molecule has 3 heterocycles. The highest BCUT2D eigenvalue weighted by Gasteiger charge is 2.34. The van der Waals surface area contributed by atoms with Gasteiger partial charge in [-0.15, -0.1) is 11.3 Å². The Morgan fingerprint density at radius 1 is 1.18 bits per heavy atom. The average molecular weight is 598 g/mol. The predicted molar refractivity (Wildman–Crippen MR) is 160 cm³/mol. The zero-order valence-corrected chi connectivity index (χ0v) is 24.4. The first-order chi connectivity index (χ1) is 19.2. The van der Waals surface area contributed by atoms with Crippen LogP contribution in [0.2, 0.25) is 0 Å². The van der Waals surface area contributed by atoms with Crippen LogP contribution in [0.5, 0.6) is 0 Å². The van der Waals surface area contributed by atoms with Crippen molar-refractivity contribution in [3.05, 3.63) is 56.4 Å². The minimum Gasteiger partial charge on any atom is -0.480 e. The van der Waals surface area contributed by atoms with Crippen molar-refractivity contribution in [2.45, 2.75) is 46.1 Å². The Morgan fingerprint density at radius 3 is 2.67 bits per heavy atom. The molecule has 2 aliphatic rings. The maximum Gasteiger partial charge on any atom is 0.341 e. The zero-order chi connectivity index (χ0) is 28.6. The molecule has 1 aliphatic carbocycles. The lowest BCUT2D eigenvalue weighted by Gasteiger charge is -2.12. The van der Waals surface area contributed by atoms with Crippen LogP contribution in [0.25, 0.3) is 17.0 Å². The summed E-state index contributed by atoms with van der Waals surface area (Å²) in [5.41, 5.74) is 3.76. The van der Waals surface area contributed by atoms with Gasteiger partial charge in [-0.1, -0.05) is 42.2 Å². The summed E-state index contributed by atoms with van der Waals surface area (Å²) in [6, 6.07) is 7.56. The number of esters is 1. The monoisotopic (exact) mass is 597 g/mol. The summed E-state index contributed by atoms with van der Waals surface area (Å²) >= 11 is 7.73. The number of amides is 2. The molecule has 5 rings (SSSR count). The number of benzene rings is 1. The van der Waals surface area contributed by atoms with Gasteiger partial charge >= 0.3 is 11.9 Å². The minimum atomic E-state index is -1.14. The third-order valence-corrected chi connectivity index (χ3v) is 9.51. The largest absolute Gasteiger partial charge is 0.480 e. The molecule has 0 saturated carbocycles. The second kappa shape index (κ2) is 11.6. The number of anilines is 1. The van der Waals surface area contributed by atoms with Gasteiger partial charge in [0.15, 0.2) is 0 Å². The van der Waals surface area contributed by atoms with E-state index in [4.69, 9.17) is 22.1 Å². The first-order valence-corrected chi connectivity index (χ1v) is 14.9. The molecule has 2 N–H and O–H groups in total. The molecular formula is C28H27N3O6S3. The lowest BCUT2D eigenvalue weighted by Crippen LogP contribution is -2.33. The SMILES string of the molecule is CCOC(=O)c1c(NC(=O)Cn2c(C)c(C=C3SC(=S)N(CC(=O)O)C3=O)c3ccccc32)sc2c1CCCC2. The summed E-state index contributed by atoms with van der Waals surface area (Å²) in [6.45, 7) is 3.37. The summed E-state index contributed by atoms with van der Waals surface area (Å²) in [6.07, 6.45) is 5.43. The van der Waals surface area contributed by atoms with Gasteiger partial charge in [0.2, 0.25) is 5.91 Å². The number of fused-ring (bicyclic) bond motifs is 2. The first-order valence-electron chi connectivity index (χ1n) is 12.9. The number of rotatable bonds is 8. The van der Waals surface area contributed by atoms with E-state index in [1.165, 1.54) is 11.3 Å². The first kappa shape index (κ1) is 28.1. The van der Waals surface area contributed by atoms with Gasteiger partial charge in [0.05, 0.1) is 17.1 Å². The Labute approximate surface area is 244 Å². The van der Waals surface area contributed by atoms with Crippen LogP contribution in [0.15, 0.2) is 29.2 Å². The molecule has 1 aliphatic heterocycles. The molecule has 9 nitrogen and oxygen atoms in total. The van der Waals surface area contributed by atoms with Crippen molar-refractivity contribution in [2.75, 3.05) is 18.5 Å². The van der Waals surface area contributed by atoms with Gasteiger partial charge in [0, 0.05) is 27.0 Å². The molecule has 40 heavy (non-hydrogen) atoms. The molecule has 2 aromatic heterocycles. The number of nitrogens with one attached hydrogen (secondary N) is 1. The quantitative estimate of drug-likeness (QED) is 0.212. The van der Waals surface area contributed by atoms with Crippen LogP contribution in [0, 0.1) is 6.92 Å². The third kappa shape index (κ3) is 5.30. The Kier molecular flexibility index (Phi) is 8.11. The molecule has 1 saturated heterocycles. The highest BCUT2D eigenvalue weighted by atomic mass is 32.2. The van der Waals surface area contributed by atoms with E-state index in [2.05, 4.69) is 5.32 Å². The van der Waals surface area contributed by atoms with Crippen LogP contribution in [-0.4, -0.2) is 55.8 Å². The molecule has 0 radical (unpaired) electrons. The van der Waals surface area contributed by atoms with Gasteiger partial charge in [-0.05, 0) is 57.2 Å². The number of hydrogen-bond acceptors (Lipinski definition) is 8. The van der Waals surface area contributed by atoms with Crippen LogP contribution in [-0.2, 0) is 38.5 Å². The number of carbonyl (C=O) groups excluding carboxylic acids is 3. The van der Waals surface area contributed by atoms with E-state index < -0.39 is 24.4 Å². The van der Waals surface area contributed by atoms with Gasteiger partial charge in [-0.25, -0.2) is 4.79 Å². The standard InChI is InChI=1S/C28H27N3O6S3/c1-3-37-27(36)24-17-9-5-7-11-20(17)39-25(24)29-22(32)13-30-15(2)18(16-8-4-6-10-19(16)30)12-21-26(35)31(14-23(33)34)28(38)40-21/h4,6,8,10,12H,3,5,7,9,11,13-14H2,1-2H3,(H,29,32)(H,33,34). The number of aryl methyl sites for hydroxylation is 1. The number of carboxylic acids is 1. The third-order valence-electron chi connectivity index (χ3n) is 6.93. The van der Waals surface area contributed by atoms with E-state index in [1.54, 1.807) is 13.0 Å². The van der Waals surface area contributed by atoms with Crippen molar-refractivity contribution in [1.29, 1.82) is 0 Å². The Morgan fingerprint density at radius 2 is 1.93 bits per heavy atom. The number of carboxylic acid groups (broad SMARTS) is 1. The number of thioether (sulfide) groups is 1. The van der Waals surface area contributed by atoms with Crippen LogP contribution in [0.4, 0.5) is 5.00 Å². The number of aromatic nitrogens is 1. The molecular weight excluding hydrogens is 571 g/mol. The van der Waals surface area contributed by atoms with Crippen molar-refractivity contribution in [3.8, 4) is 0 Å². The van der Waals surface area contributed by atoms with Crippen LogP contribution in [0.1, 0.15) is 51.8 Å². The molecule has 0 unspecified atom stereocenters. The molecule has 3 aromatic rings. The van der Waals surface area contributed by atoms with E-state index in [0.717, 1.165) is 74.9 Å². The topological polar surface area (TPSA) is 118 Å². The van der Waals surface area contributed by atoms with Crippen LogP contribution in [0.3, 0.4) is 0 Å².